The van der Waals surface area contributed by atoms with E-state index in [1.165, 1.54) is 17.3 Å². The van der Waals surface area contributed by atoms with Gasteiger partial charge in [0.25, 0.3) is 11.6 Å². The molecule has 1 fully saturated rings. The average Bonchev–Trinajstić information content (AvgIpc) is 3.35. The Bertz CT molecular complexity index is 1360. The van der Waals surface area contributed by atoms with E-state index >= 15 is 0 Å². The molecule has 1 saturated heterocycles. The van der Waals surface area contributed by atoms with E-state index in [2.05, 4.69) is 25.2 Å². The van der Waals surface area contributed by atoms with Crippen molar-refractivity contribution in [1.82, 2.24) is 0 Å². The van der Waals surface area contributed by atoms with E-state index in [0.717, 1.165) is 5.75 Å². The summed E-state index contributed by atoms with van der Waals surface area (Å²) in [6, 6.07) is 21.9. The molecule has 2 aliphatic heterocycles. The van der Waals surface area contributed by atoms with E-state index in [1.807, 2.05) is 49.4 Å². The maximum absolute atomic E-state index is 14.5. The number of carbonyl (C=O) groups is 1. The quantitative estimate of drug-likeness (QED) is 0.264. The summed E-state index contributed by atoms with van der Waals surface area (Å²) >= 11 is 0. The highest BCUT2D eigenvalue weighted by atomic mass is 28.3. The molecule has 3 aromatic rings. The van der Waals surface area contributed by atoms with Crippen molar-refractivity contribution in [3.8, 4) is 5.75 Å². The first kappa shape index (κ1) is 26.1. The zero-order chi connectivity index (χ0) is 27.2. The second-order valence-electron chi connectivity index (χ2n) is 10.6. The van der Waals surface area contributed by atoms with Crippen LogP contribution < -0.4 is 14.8 Å². The van der Waals surface area contributed by atoms with Crippen LogP contribution in [0, 0.1) is 16.0 Å². The van der Waals surface area contributed by atoms with Crippen molar-refractivity contribution in [3.05, 3.63) is 88.5 Å². The van der Waals surface area contributed by atoms with Crippen LogP contribution in [0.1, 0.15) is 18.9 Å². The number of fused-ring (bicyclic) bond motifs is 2. The highest BCUT2D eigenvalue weighted by Crippen LogP contribution is 2.61. The number of amides is 1. The van der Waals surface area contributed by atoms with Crippen molar-refractivity contribution in [2.75, 3.05) is 18.6 Å². The highest BCUT2D eigenvalue weighted by molar-refractivity contribution is 6.91. The molecule has 0 bridgehead atoms. The SMILES string of the molecule is COc1ccc([Si](C)(C)[C@@H]2[C@@H](CCO)O[C@]3(C(=O)N(c4ccccc4)c4ccc([N+](=O)[O-])cc43)[C@H]2C)cc1. The van der Waals surface area contributed by atoms with Gasteiger partial charge in [0, 0.05) is 35.9 Å². The number of aliphatic hydroxyl groups is 1. The Morgan fingerprint density at radius 3 is 2.39 bits per heavy atom. The van der Waals surface area contributed by atoms with Gasteiger partial charge in [-0.25, -0.2) is 0 Å². The molecule has 38 heavy (non-hydrogen) atoms. The van der Waals surface area contributed by atoms with Crippen molar-refractivity contribution in [3.63, 3.8) is 0 Å². The lowest BCUT2D eigenvalue weighted by atomic mass is 9.82. The minimum absolute atomic E-state index is 0.0465. The standard InChI is InChI=1S/C29H32N2O6Si/c1-19-27(38(3,4)23-13-11-22(36-2)12-14-23)26(16-17-32)37-29(19)24-18-21(31(34)35)10-15-25(24)30(28(29)33)20-8-6-5-7-9-20/h5-15,18-19,26-27,32H,16-17H2,1-4H3/t19-,26+,27-,29+/m0/s1. The predicted molar refractivity (Wildman–Crippen MR) is 148 cm³/mol. The third-order valence-electron chi connectivity index (χ3n) is 8.37. The van der Waals surface area contributed by atoms with E-state index < -0.39 is 24.7 Å². The molecule has 8 nitrogen and oxygen atoms in total. The van der Waals surface area contributed by atoms with Crippen LogP contribution in [0.4, 0.5) is 17.1 Å². The molecule has 3 aromatic carbocycles. The van der Waals surface area contributed by atoms with Crippen LogP contribution in [-0.4, -0.2) is 43.8 Å². The normalized spacial score (nSPS) is 24.6. The van der Waals surface area contributed by atoms with E-state index in [9.17, 15) is 20.0 Å². The lowest BCUT2D eigenvalue weighted by Gasteiger charge is -2.37. The minimum Gasteiger partial charge on any atom is -0.497 e. The van der Waals surface area contributed by atoms with Gasteiger partial charge in [0.05, 0.1) is 31.9 Å². The van der Waals surface area contributed by atoms with Gasteiger partial charge in [0.1, 0.15) is 5.75 Å². The lowest BCUT2D eigenvalue weighted by molar-refractivity contribution is -0.385. The number of non-ortho nitro benzene ring substituents is 1. The summed E-state index contributed by atoms with van der Waals surface area (Å²) < 4.78 is 12.1. The molecule has 5 rings (SSSR count). The molecule has 1 N–H and O–H groups in total. The number of benzene rings is 3. The average molecular weight is 533 g/mol. The van der Waals surface area contributed by atoms with Gasteiger partial charge in [0.15, 0.2) is 5.60 Å². The number of rotatable bonds is 7. The van der Waals surface area contributed by atoms with Crippen LogP contribution in [0.3, 0.4) is 0 Å². The van der Waals surface area contributed by atoms with Crippen molar-refractivity contribution >= 4 is 36.2 Å². The summed E-state index contributed by atoms with van der Waals surface area (Å²) in [5.41, 5.74) is 0.238. The second-order valence-corrected chi connectivity index (χ2v) is 15.3. The maximum Gasteiger partial charge on any atom is 0.269 e. The molecular formula is C29H32N2O6Si. The fourth-order valence-electron chi connectivity index (χ4n) is 6.57. The first-order chi connectivity index (χ1) is 18.2. The predicted octanol–water partition coefficient (Wildman–Crippen LogP) is 4.88. The van der Waals surface area contributed by atoms with Crippen molar-refractivity contribution in [2.45, 2.75) is 43.7 Å². The summed E-state index contributed by atoms with van der Waals surface area (Å²) in [5.74, 6) is 0.213. The van der Waals surface area contributed by atoms with E-state index in [1.54, 1.807) is 18.1 Å². The van der Waals surface area contributed by atoms with Crippen LogP contribution in [0.2, 0.25) is 18.6 Å². The van der Waals surface area contributed by atoms with E-state index in [0.29, 0.717) is 23.4 Å². The molecule has 2 aliphatic rings. The Morgan fingerprint density at radius 1 is 1.11 bits per heavy atom. The Kier molecular flexibility index (Phi) is 6.62. The number of nitro benzene ring substituents is 1. The summed E-state index contributed by atoms with van der Waals surface area (Å²) in [4.78, 5) is 27.4. The molecule has 0 aromatic heterocycles. The highest BCUT2D eigenvalue weighted by Gasteiger charge is 2.66. The number of nitrogens with zero attached hydrogens (tertiary/aromatic N) is 2. The van der Waals surface area contributed by atoms with Crippen LogP contribution in [-0.2, 0) is 15.1 Å². The number of ether oxygens (including phenoxy) is 2. The third kappa shape index (κ3) is 3.84. The molecule has 4 atom stereocenters. The zero-order valence-corrected chi connectivity index (χ0v) is 23.0. The van der Waals surface area contributed by atoms with Crippen molar-refractivity contribution in [2.24, 2.45) is 5.92 Å². The number of aliphatic hydroxyl groups excluding tert-OH is 1. The summed E-state index contributed by atoms with van der Waals surface area (Å²) in [6.07, 6.45) is -0.0304. The molecule has 1 spiro atoms. The topological polar surface area (TPSA) is 102 Å². The number of anilines is 2. The fraction of sp³-hybridized carbons (Fsp3) is 0.345. The minimum atomic E-state index is -2.32. The Balaban J connectivity index is 1.68. The Morgan fingerprint density at radius 2 is 1.79 bits per heavy atom. The van der Waals surface area contributed by atoms with E-state index in [4.69, 9.17) is 9.47 Å². The molecule has 2 heterocycles. The number of carbonyl (C=O) groups excluding carboxylic acids is 1. The molecular weight excluding hydrogens is 500 g/mol. The second kappa shape index (κ2) is 9.65. The van der Waals surface area contributed by atoms with Gasteiger partial charge >= 0.3 is 0 Å². The molecule has 9 heteroatoms. The van der Waals surface area contributed by atoms with E-state index in [-0.39, 0.29) is 29.7 Å². The van der Waals surface area contributed by atoms with Gasteiger partial charge in [-0.15, -0.1) is 0 Å². The number of hydrogen-bond acceptors (Lipinski definition) is 6. The molecule has 198 valence electrons. The monoisotopic (exact) mass is 532 g/mol. The van der Waals surface area contributed by atoms with Gasteiger partial charge < -0.3 is 14.6 Å². The lowest BCUT2D eigenvalue weighted by Crippen LogP contribution is -2.51. The van der Waals surface area contributed by atoms with Gasteiger partial charge in [0.2, 0.25) is 0 Å². The first-order valence-electron chi connectivity index (χ1n) is 12.8. The molecule has 0 saturated carbocycles. The number of hydrogen-bond donors (Lipinski definition) is 1. The first-order valence-corrected chi connectivity index (χ1v) is 15.9. The van der Waals surface area contributed by atoms with Crippen molar-refractivity contribution in [1.29, 1.82) is 0 Å². The van der Waals surface area contributed by atoms with Gasteiger partial charge in [-0.05, 0) is 42.3 Å². The van der Waals surface area contributed by atoms with Crippen molar-refractivity contribution < 1.29 is 24.3 Å². The largest absolute Gasteiger partial charge is 0.497 e. The molecule has 0 unspecified atom stereocenters. The Hall–Kier alpha value is -3.53. The molecule has 1 amide bonds. The van der Waals surface area contributed by atoms with Crippen LogP contribution in [0.25, 0.3) is 0 Å². The number of para-hydroxylation sites is 1. The maximum atomic E-state index is 14.5. The smallest absolute Gasteiger partial charge is 0.269 e. The van der Waals surface area contributed by atoms with Gasteiger partial charge in [-0.1, -0.05) is 55.5 Å². The molecule has 0 radical (unpaired) electrons. The van der Waals surface area contributed by atoms with Gasteiger partial charge in [-0.3, -0.25) is 19.8 Å². The number of nitro groups is 1. The van der Waals surface area contributed by atoms with Crippen LogP contribution in [0.5, 0.6) is 5.75 Å². The zero-order valence-electron chi connectivity index (χ0n) is 22.0. The molecule has 0 aliphatic carbocycles. The Labute approximate surface area is 223 Å². The third-order valence-corrected chi connectivity index (χ3v) is 12.7. The fourth-order valence-corrected chi connectivity index (χ4v) is 10.6. The van der Waals surface area contributed by atoms with Crippen LogP contribution in [0.15, 0.2) is 72.8 Å². The summed E-state index contributed by atoms with van der Waals surface area (Å²) in [5, 5.41) is 23.0. The van der Waals surface area contributed by atoms with Gasteiger partial charge in [-0.2, -0.15) is 0 Å². The summed E-state index contributed by atoms with van der Waals surface area (Å²) in [7, 11) is -0.692. The summed E-state index contributed by atoms with van der Waals surface area (Å²) in [6.45, 7) is 6.45. The number of methoxy groups -OCH3 is 1. The van der Waals surface area contributed by atoms with Crippen LogP contribution >= 0.6 is 0 Å².